The molecule has 57 heavy (non-hydrogen) atoms. The smallest absolute Gasteiger partial charge is 0.267 e. The SMILES string of the molecule is CCCCCCCCCCC/C=C/CC/C=C/CC/C=C/C(O)C(CS(=O)(=O)O)NC(=O)CCCCCCCCCCCCCCCCCCCCCCCCC. The summed E-state index contributed by atoms with van der Waals surface area (Å²) < 4.78 is 32.6. The van der Waals surface area contributed by atoms with Gasteiger partial charge in [0, 0.05) is 6.42 Å². The van der Waals surface area contributed by atoms with Crippen molar-refractivity contribution in [1.29, 1.82) is 0 Å². The molecule has 0 radical (unpaired) electrons. The van der Waals surface area contributed by atoms with Crippen LogP contribution < -0.4 is 5.32 Å². The van der Waals surface area contributed by atoms with Gasteiger partial charge < -0.3 is 10.4 Å². The van der Waals surface area contributed by atoms with Crippen LogP contribution in [0.25, 0.3) is 0 Å². The average molecular weight is 822 g/mol. The molecule has 0 bridgehead atoms. The molecular weight excluding hydrogens is 727 g/mol. The molecule has 0 aromatic heterocycles. The fraction of sp³-hybridized carbons (Fsp3) is 0.860. The van der Waals surface area contributed by atoms with Crippen LogP contribution in [-0.4, -0.2) is 41.9 Å². The van der Waals surface area contributed by atoms with Crippen molar-refractivity contribution in [3.8, 4) is 0 Å². The van der Waals surface area contributed by atoms with Gasteiger partial charge in [0.15, 0.2) is 0 Å². The summed E-state index contributed by atoms with van der Waals surface area (Å²) in [5, 5.41) is 13.3. The van der Waals surface area contributed by atoms with E-state index in [2.05, 4.69) is 43.5 Å². The quantitative estimate of drug-likeness (QED) is 0.0322. The molecule has 7 heteroatoms. The van der Waals surface area contributed by atoms with E-state index in [1.165, 1.54) is 199 Å². The average Bonchev–Trinajstić information content (AvgIpc) is 3.18. The number of rotatable bonds is 45. The van der Waals surface area contributed by atoms with Gasteiger partial charge in [-0.15, -0.1) is 0 Å². The fourth-order valence-electron chi connectivity index (χ4n) is 7.60. The van der Waals surface area contributed by atoms with E-state index in [4.69, 9.17) is 0 Å². The van der Waals surface area contributed by atoms with Gasteiger partial charge in [-0.1, -0.05) is 243 Å². The van der Waals surface area contributed by atoms with Crippen molar-refractivity contribution in [1.82, 2.24) is 5.32 Å². The van der Waals surface area contributed by atoms with Crippen molar-refractivity contribution in [2.45, 2.75) is 270 Å². The second-order valence-corrected chi connectivity index (χ2v) is 18.6. The molecule has 2 atom stereocenters. The summed E-state index contributed by atoms with van der Waals surface area (Å²) in [6.07, 6.45) is 58.7. The summed E-state index contributed by atoms with van der Waals surface area (Å²) in [5.74, 6) is -0.999. The maximum Gasteiger partial charge on any atom is 0.267 e. The Hall–Kier alpha value is -1.44. The van der Waals surface area contributed by atoms with Crippen LogP contribution in [0.5, 0.6) is 0 Å². The lowest BCUT2D eigenvalue weighted by molar-refractivity contribution is -0.122. The van der Waals surface area contributed by atoms with Crippen molar-refractivity contribution >= 4 is 16.0 Å². The molecular formula is C50H95NO5S. The summed E-state index contributed by atoms with van der Waals surface area (Å²) in [6.45, 7) is 4.55. The number of unbranched alkanes of at least 4 members (excludes halogenated alkanes) is 33. The second kappa shape index (κ2) is 44.1. The number of aliphatic hydroxyl groups excluding tert-OH is 1. The largest absolute Gasteiger partial charge is 0.387 e. The molecule has 336 valence electrons. The third-order valence-corrected chi connectivity index (χ3v) is 12.1. The third-order valence-electron chi connectivity index (χ3n) is 11.3. The van der Waals surface area contributed by atoms with Crippen LogP contribution in [0.1, 0.15) is 258 Å². The van der Waals surface area contributed by atoms with Crippen molar-refractivity contribution in [3.05, 3.63) is 36.5 Å². The molecule has 0 aliphatic heterocycles. The third kappa shape index (κ3) is 45.5. The molecule has 0 aliphatic carbocycles. The van der Waals surface area contributed by atoms with E-state index < -0.39 is 28.0 Å². The minimum Gasteiger partial charge on any atom is -0.387 e. The molecule has 1 amide bonds. The van der Waals surface area contributed by atoms with Crippen LogP contribution in [0.15, 0.2) is 36.5 Å². The number of nitrogens with one attached hydrogen (secondary N) is 1. The normalized spacial score (nSPS) is 13.4. The van der Waals surface area contributed by atoms with Crippen molar-refractivity contribution in [2.75, 3.05) is 5.75 Å². The van der Waals surface area contributed by atoms with Crippen molar-refractivity contribution in [2.24, 2.45) is 0 Å². The molecule has 0 spiro atoms. The minimum absolute atomic E-state index is 0.287. The van der Waals surface area contributed by atoms with Gasteiger partial charge in [-0.25, -0.2) is 0 Å². The van der Waals surface area contributed by atoms with Gasteiger partial charge in [0.1, 0.15) is 0 Å². The molecule has 0 saturated heterocycles. The van der Waals surface area contributed by atoms with E-state index in [0.717, 1.165) is 38.5 Å². The van der Waals surface area contributed by atoms with Crippen molar-refractivity contribution in [3.63, 3.8) is 0 Å². The number of allylic oxidation sites excluding steroid dienone is 5. The summed E-state index contributed by atoms with van der Waals surface area (Å²) in [4.78, 5) is 12.6. The zero-order chi connectivity index (χ0) is 41.8. The van der Waals surface area contributed by atoms with Crippen LogP contribution in [0.4, 0.5) is 0 Å². The lowest BCUT2D eigenvalue weighted by atomic mass is 10.0. The van der Waals surface area contributed by atoms with Gasteiger partial charge in [0.2, 0.25) is 5.91 Å². The van der Waals surface area contributed by atoms with Gasteiger partial charge in [-0.3, -0.25) is 9.35 Å². The Morgan fingerprint density at radius 3 is 1.11 bits per heavy atom. The van der Waals surface area contributed by atoms with Crippen LogP contribution in [0.2, 0.25) is 0 Å². The number of hydrogen-bond donors (Lipinski definition) is 3. The Balaban J connectivity index is 3.84. The highest BCUT2D eigenvalue weighted by Crippen LogP contribution is 2.16. The number of carbonyl (C=O) groups is 1. The summed E-state index contributed by atoms with van der Waals surface area (Å²) in [6, 6.07) is -1.08. The van der Waals surface area contributed by atoms with E-state index in [9.17, 15) is 22.9 Å². The minimum atomic E-state index is -4.36. The predicted molar refractivity (Wildman–Crippen MR) is 249 cm³/mol. The molecule has 3 N–H and O–H groups in total. The Morgan fingerprint density at radius 2 is 0.754 bits per heavy atom. The van der Waals surface area contributed by atoms with Crippen LogP contribution in [0.3, 0.4) is 0 Å². The molecule has 0 saturated carbocycles. The Kier molecular flexibility index (Phi) is 43.0. The first-order chi connectivity index (χ1) is 27.8. The predicted octanol–water partition coefficient (Wildman–Crippen LogP) is 15.3. The fourth-order valence-corrected chi connectivity index (χ4v) is 8.34. The van der Waals surface area contributed by atoms with Gasteiger partial charge in [0.05, 0.1) is 17.9 Å². The van der Waals surface area contributed by atoms with Crippen LogP contribution in [0, 0.1) is 0 Å². The molecule has 0 fully saturated rings. The van der Waals surface area contributed by atoms with E-state index in [1.807, 2.05) is 6.08 Å². The summed E-state index contributed by atoms with van der Waals surface area (Å²) >= 11 is 0. The zero-order valence-corrected chi connectivity index (χ0v) is 38.5. The van der Waals surface area contributed by atoms with E-state index >= 15 is 0 Å². The monoisotopic (exact) mass is 822 g/mol. The molecule has 0 aliphatic rings. The van der Waals surface area contributed by atoms with E-state index in [-0.39, 0.29) is 12.3 Å². The molecule has 2 unspecified atom stereocenters. The Morgan fingerprint density at radius 1 is 0.456 bits per heavy atom. The van der Waals surface area contributed by atoms with Gasteiger partial charge in [-0.05, 0) is 44.9 Å². The number of carbonyl (C=O) groups excluding carboxylic acids is 1. The molecule has 6 nitrogen and oxygen atoms in total. The lowest BCUT2D eigenvalue weighted by Gasteiger charge is -2.21. The topological polar surface area (TPSA) is 104 Å². The number of hydrogen-bond acceptors (Lipinski definition) is 4. The highest BCUT2D eigenvalue weighted by molar-refractivity contribution is 7.85. The van der Waals surface area contributed by atoms with Gasteiger partial charge in [0.25, 0.3) is 10.1 Å². The summed E-state index contributed by atoms with van der Waals surface area (Å²) in [5.41, 5.74) is 0. The maximum absolute atomic E-state index is 12.6. The molecule has 0 rings (SSSR count). The molecule has 0 heterocycles. The van der Waals surface area contributed by atoms with Crippen LogP contribution in [-0.2, 0) is 14.9 Å². The number of amides is 1. The number of aliphatic hydroxyl groups is 1. The first kappa shape index (κ1) is 55.6. The first-order valence-corrected chi connectivity index (χ1v) is 26.3. The Bertz CT molecular complexity index is 1040. The van der Waals surface area contributed by atoms with E-state index in [1.54, 1.807) is 0 Å². The van der Waals surface area contributed by atoms with Gasteiger partial charge in [-0.2, -0.15) is 8.42 Å². The summed E-state index contributed by atoms with van der Waals surface area (Å²) in [7, 11) is -4.36. The highest BCUT2D eigenvalue weighted by Gasteiger charge is 2.24. The van der Waals surface area contributed by atoms with Crippen molar-refractivity contribution < 1.29 is 22.9 Å². The lowest BCUT2D eigenvalue weighted by Crippen LogP contribution is -2.46. The Labute approximate surface area is 355 Å². The maximum atomic E-state index is 12.6. The molecule has 0 aromatic carbocycles. The standard InChI is InChI=1S/C50H95NO5S/c1-3-5-7-9-11-13-15-17-19-21-23-24-25-26-28-30-32-34-36-38-40-42-44-46-50(53)51-48(47-57(54,55)56)49(52)45-43-41-39-37-35-33-31-29-27-22-20-18-16-14-12-10-8-6-4-2/h27,29,35,37,43,45,48-49,52H,3-26,28,30-34,36,38-42,44,46-47H2,1-2H3,(H,51,53)(H,54,55,56)/b29-27+,37-35+,45-43+. The molecule has 0 aromatic rings. The van der Waals surface area contributed by atoms with Gasteiger partial charge >= 0.3 is 0 Å². The highest BCUT2D eigenvalue weighted by atomic mass is 32.2. The van der Waals surface area contributed by atoms with Crippen LogP contribution >= 0.6 is 0 Å². The zero-order valence-electron chi connectivity index (χ0n) is 37.7. The second-order valence-electron chi connectivity index (χ2n) is 17.1. The first-order valence-electron chi connectivity index (χ1n) is 24.7. The van der Waals surface area contributed by atoms with E-state index in [0.29, 0.717) is 6.42 Å².